The van der Waals surface area contributed by atoms with Gasteiger partial charge in [-0.05, 0) is 98.8 Å². The molecule has 0 saturated heterocycles. The van der Waals surface area contributed by atoms with Crippen LogP contribution in [0.25, 0.3) is 0 Å². The highest BCUT2D eigenvalue weighted by atomic mass is 14.2. The monoisotopic (exact) mass is 410 g/mol. The van der Waals surface area contributed by atoms with Crippen LogP contribution in [0.2, 0.25) is 0 Å². The molecule has 30 heavy (non-hydrogen) atoms. The number of rotatable bonds is 15. The van der Waals surface area contributed by atoms with E-state index in [1.54, 1.807) is 0 Å². The maximum absolute atomic E-state index is 4.11. The van der Waals surface area contributed by atoms with E-state index in [4.69, 9.17) is 0 Å². The van der Waals surface area contributed by atoms with E-state index in [1.165, 1.54) is 54.4 Å². The molecule has 0 rings (SSSR count). The molecule has 0 heterocycles. The quantitative estimate of drug-likeness (QED) is 0.235. The standard InChI is InChI=1S/C30H50/c1-10-30(9,23-14-21-28(7)18-12-16-26(4)5)24-22-29(8)20-13-19-27(6)17-11-15-25(2)3/h10,15-16,19,21-22,24,29H,1,11-14,17-18,20,23H2,2-9H3/b24-22?,27-19+,28-21+/t29-,30-/m1/s1. The highest BCUT2D eigenvalue weighted by molar-refractivity contribution is 5.10. The van der Waals surface area contributed by atoms with Crippen molar-refractivity contribution in [1.29, 1.82) is 0 Å². The zero-order valence-electron chi connectivity index (χ0n) is 21.5. The predicted molar refractivity (Wildman–Crippen MR) is 140 cm³/mol. The molecule has 0 aliphatic carbocycles. The SMILES string of the molecule is C=C[C@@](C)(C=C[C@H](C)CC/C=C(\C)CCC=C(C)C)CC/C=C(\C)CCC=C(C)C. The predicted octanol–water partition coefficient (Wildman–Crippen LogP) is 10.3. The summed E-state index contributed by atoms with van der Waals surface area (Å²) in [6, 6.07) is 0. The third kappa shape index (κ3) is 16.3. The summed E-state index contributed by atoms with van der Waals surface area (Å²) >= 11 is 0. The lowest BCUT2D eigenvalue weighted by molar-refractivity contribution is 0.499. The highest BCUT2D eigenvalue weighted by Gasteiger charge is 2.15. The van der Waals surface area contributed by atoms with Gasteiger partial charge in [0.1, 0.15) is 0 Å². The first kappa shape index (κ1) is 28.4. The molecule has 0 spiro atoms. The number of hydrogen-bond donors (Lipinski definition) is 0. The van der Waals surface area contributed by atoms with E-state index < -0.39 is 0 Å². The van der Waals surface area contributed by atoms with Crippen molar-refractivity contribution in [3.05, 3.63) is 71.4 Å². The number of allylic oxidation sites excluding steroid dienone is 11. The fraction of sp³-hybridized carbons (Fsp3) is 0.600. The first-order valence-electron chi connectivity index (χ1n) is 12.0. The van der Waals surface area contributed by atoms with E-state index in [-0.39, 0.29) is 5.41 Å². The Balaban J connectivity index is 4.45. The van der Waals surface area contributed by atoms with Gasteiger partial charge >= 0.3 is 0 Å². The van der Waals surface area contributed by atoms with E-state index in [0.29, 0.717) is 5.92 Å². The lowest BCUT2D eigenvalue weighted by Gasteiger charge is -2.21. The fourth-order valence-electron chi connectivity index (χ4n) is 3.34. The summed E-state index contributed by atoms with van der Waals surface area (Å²) < 4.78 is 0. The van der Waals surface area contributed by atoms with Gasteiger partial charge in [-0.2, -0.15) is 0 Å². The Hall–Kier alpha value is -1.56. The second-order valence-electron chi connectivity index (χ2n) is 9.90. The molecule has 0 nitrogen and oxygen atoms in total. The van der Waals surface area contributed by atoms with Crippen molar-refractivity contribution < 1.29 is 0 Å². The van der Waals surface area contributed by atoms with Crippen molar-refractivity contribution in [2.75, 3.05) is 0 Å². The van der Waals surface area contributed by atoms with Gasteiger partial charge in [0.2, 0.25) is 0 Å². The van der Waals surface area contributed by atoms with Crippen LogP contribution in [0.3, 0.4) is 0 Å². The van der Waals surface area contributed by atoms with Crippen LogP contribution in [0, 0.1) is 11.3 Å². The molecule has 0 bridgehead atoms. The van der Waals surface area contributed by atoms with Crippen molar-refractivity contribution in [2.24, 2.45) is 11.3 Å². The molecule has 0 N–H and O–H groups in total. The molecule has 0 aliphatic rings. The maximum Gasteiger partial charge on any atom is 0.00330 e. The molecule has 0 fully saturated rings. The Morgan fingerprint density at radius 1 is 0.767 bits per heavy atom. The first-order chi connectivity index (χ1) is 14.1. The molecule has 0 saturated carbocycles. The average Bonchev–Trinajstić information content (AvgIpc) is 2.66. The molecule has 0 aromatic rings. The van der Waals surface area contributed by atoms with Crippen molar-refractivity contribution in [3.8, 4) is 0 Å². The second-order valence-corrected chi connectivity index (χ2v) is 9.90. The van der Waals surface area contributed by atoms with Crippen molar-refractivity contribution in [2.45, 2.75) is 107 Å². The molecular weight excluding hydrogens is 360 g/mol. The molecule has 0 aromatic carbocycles. The van der Waals surface area contributed by atoms with Gasteiger partial charge in [0.05, 0.1) is 0 Å². The normalized spacial score (nSPS) is 15.6. The Morgan fingerprint density at radius 3 is 1.73 bits per heavy atom. The van der Waals surface area contributed by atoms with E-state index >= 15 is 0 Å². The van der Waals surface area contributed by atoms with Crippen molar-refractivity contribution >= 4 is 0 Å². The zero-order chi connectivity index (χ0) is 23.0. The van der Waals surface area contributed by atoms with Gasteiger partial charge in [0.25, 0.3) is 0 Å². The summed E-state index contributed by atoms with van der Waals surface area (Å²) in [5.41, 5.74) is 5.94. The second kappa shape index (κ2) is 16.2. The molecule has 0 amide bonds. The highest BCUT2D eigenvalue weighted by Crippen LogP contribution is 2.28. The average molecular weight is 411 g/mol. The third-order valence-corrected chi connectivity index (χ3v) is 5.74. The number of hydrogen-bond acceptors (Lipinski definition) is 0. The molecule has 2 atom stereocenters. The van der Waals surface area contributed by atoms with Gasteiger partial charge in [-0.15, -0.1) is 6.58 Å². The molecule has 170 valence electrons. The summed E-state index contributed by atoms with van der Waals surface area (Å²) in [7, 11) is 0. The van der Waals surface area contributed by atoms with Crippen LogP contribution in [0.5, 0.6) is 0 Å². The van der Waals surface area contributed by atoms with Crippen molar-refractivity contribution in [3.63, 3.8) is 0 Å². The van der Waals surface area contributed by atoms with Crippen LogP contribution < -0.4 is 0 Å². The van der Waals surface area contributed by atoms with Crippen molar-refractivity contribution in [1.82, 2.24) is 0 Å². The van der Waals surface area contributed by atoms with Crippen LogP contribution >= 0.6 is 0 Å². The minimum atomic E-state index is 0.0844. The minimum Gasteiger partial charge on any atom is -0.102 e. The lowest BCUT2D eigenvalue weighted by atomic mass is 9.83. The lowest BCUT2D eigenvalue weighted by Crippen LogP contribution is -2.09. The van der Waals surface area contributed by atoms with Gasteiger partial charge in [0, 0.05) is 5.41 Å². The van der Waals surface area contributed by atoms with Crippen LogP contribution in [0.1, 0.15) is 107 Å². The molecular formula is C30H50. The Morgan fingerprint density at radius 2 is 1.27 bits per heavy atom. The Kier molecular flexibility index (Phi) is 15.3. The van der Waals surface area contributed by atoms with Crippen LogP contribution in [0.4, 0.5) is 0 Å². The topological polar surface area (TPSA) is 0 Å². The molecule has 0 radical (unpaired) electrons. The summed E-state index contributed by atoms with van der Waals surface area (Å²) in [6.07, 6.45) is 25.7. The largest absolute Gasteiger partial charge is 0.102 e. The molecule has 0 aromatic heterocycles. The van der Waals surface area contributed by atoms with Crippen LogP contribution in [0.15, 0.2) is 71.4 Å². The Labute approximate surface area is 189 Å². The van der Waals surface area contributed by atoms with E-state index in [1.807, 2.05) is 0 Å². The summed E-state index contributed by atoms with van der Waals surface area (Å²) in [5, 5.41) is 0. The molecule has 0 heteroatoms. The van der Waals surface area contributed by atoms with E-state index in [9.17, 15) is 0 Å². The van der Waals surface area contributed by atoms with Gasteiger partial charge in [-0.1, -0.05) is 78.7 Å². The van der Waals surface area contributed by atoms with Crippen LogP contribution in [-0.2, 0) is 0 Å². The summed E-state index contributed by atoms with van der Waals surface area (Å²) in [5.74, 6) is 0.604. The summed E-state index contributed by atoms with van der Waals surface area (Å²) in [4.78, 5) is 0. The van der Waals surface area contributed by atoms with E-state index in [0.717, 1.165) is 19.3 Å². The van der Waals surface area contributed by atoms with Gasteiger partial charge in [-0.25, -0.2) is 0 Å². The van der Waals surface area contributed by atoms with Gasteiger partial charge < -0.3 is 0 Å². The zero-order valence-corrected chi connectivity index (χ0v) is 21.5. The maximum atomic E-state index is 4.11. The first-order valence-corrected chi connectivity index (χ1v) is 12.0. The smallest absolute Gasteiger partial charge is 0.00330 e. The Bertz CT molecular complexity index is 627. The third-order valence-electron chi connectivity index (χ3n) is 5.74. The minimum absolute atomic E-state index is 0.0844. The van der Waals surface area contributed by atoms with E-state index in [2.05, 4.69) is 105 Å². The van der Waals surface area contributed by atoms with Gasteiger partial charge in [-0.3, -0.25) is 0 Å². The molecule has 0 aliphatic heterocycles. The van der Waals surface area contributed by atoms with Gasteiger partial charge in [0.15, 0.2) is 0 Å². The summed E-state index contributed by atoms with van der Waals surface area (Å²) in [6.45, 7) is 22.0. The molecule has 0 unspecified atom stereocenters. The fourth-order valence-corrected chi connectivity index (χ4v) is 3.34. The van der Waals surface area contributed by atoms with Crippen LogP contribution in [-0.4, -0.2) is 0 Å².